The highest BCUT2D eigenvalue weighted by Crippen LogP contribution is 2.28. The van der Waals surface area contributed by atoms with Crippen LogP contribution in [0.2, 0.25) is 0 Å². The summed E-state index contributed by atoms with van der Waals surface area (Å²) in [5, 5.41) is 0. The van der Waals surface area contributed by atoms with Crippen molar-refractivity contribution in [1.82, 2.24) is 0 Å². The lowest BCUT2D eigenvalue weighted by molar-refractivity contribution is -0.911. The van der Waals surface area contributed by atoms with Crippen LogP contribution >= 0.6 is 0 Å². The predicted molar refractivity (Wildman–Crippen MR) is 76.3 cm³/mol. The molecule has 0 amide bonds. The second kappa shape index (κ2) is 7.46. The topological polar surface area (TPSA) is 17.1 Å². The zero-order valence-corrected chi connectivity index (χ0v) is 13.1. The molecule has 0 heterocycles. The molecule has 0 N–H and O–H groups in total. The second-order valence-corrected chi connectivity index (χ2v) is 5.46. The lowest BCUT2D eigenvalue weighted by atomic mass is 9.95. The number of ketones is 1. The molecule has 0 aromatic heterocycles. The van der Waals surface area contributed by atoms with E-state index >= 15 is 0 Å². The van der Waals surface area contributed by atoms with Gasteiger partial charge in [0.15, 0.2) is 6.04 Å². The molecule has 0 fully saturated rings. The van der Waals surface area contributed by atoms with Gasteiger partial charge in [-0.2, -0.15) is 0 Å². The Morgan fingerprint density at radius 1 is 1.26 bits per heavy atom. The molecule has 0 aliphatic rings. The number of halogens is 1. The van der Waals surface area contributed by atoms with E-state index in [-0.39, 0.29) is 24.2 Å². The number of hydrogen-bond donors (Lipinski definition) is 0. The number of carbonyl (C=O) groups is 1. The van der Waals surface area contributed by atoms with Crippen LogP contribution in [0.15, 0.2) is 42.5 Å². The molecule has 0 saturated heterocycles. The van der Waals surface area contributed by atoms with E-state index in [1.54, 1.807) is 6.92 Å². The smallest absolute Gasteiger partial charge is 0.219 e. The number of likely N-dealkylation sites (N-methyl/N-ethyl adjacent to an activating group) is 1. The van der Waals surface area contributed by atoms with Gasteiger partial charge in [-0.05, 0) is 18.9 Å². The lowest BCUT2D eigenvalue weighted by Crippen LogP contribution is -3.00. The summed E-state index contributed by atoms with van der Waals surface area (Å²) in [7, 11) is 4.23. The highest BCUT2D eigenvalue weighted by molar-refractivity contribution is 5.98. The predicted octanol–water partition coefficient (Wildman–Crippen LogP) is 0.363. The van der Waals surface area contributed by atoms with Gasteiger partial charge in [0.1, 0.15) is 0 Å². The van der Waals surface area contributed by atoms with E-state index in [1.165, 1.54) is 0 Å². The van der Waals surface area contributed by atoms with E-state index in [4.69, 9.17) is 0 Å². The quantitative estimate of drug-likeness (QED) is 0.544. The fourth-order valence-electron chi connectivity index (χ4n) is 2.45. The molecule has 0 aliphatic carbocycles. The summed E-state index contributed by atoms with van der Waals surface area (Å²) < 4.78 is 0.673. The highest BCUT2D eigenvalue weighted by Gasteiger charge is 2.35. The van der Waals surface area contributed by atoms with Gasteiger partial charge in [0, 0.05) is 5.56 Å². The summed E-state index contributed by atoms with van der Waals surface area (Å²) >= 11 is 0. The molecule has 0 spiro atoms. The molecule has 1 atom stereocenters. The average Bonchev–Trinajstić information content (AvgIpc) is 2.29. The van der Waals surface area contributed by atoms with Crippen molar-refractivity contribution < 1.29 is 21.7 Å². The Morgan fingerprint density at radius 3 is 2.21 bits per heavy atom. The lowest BCUT2D eigenvalue weighted by Gasteiger charge is -2.37. The Hall–Kier alpha value is -1.12. The maximum atomic E-state index is 12.4. The second-order valence-electron chi connectivity index (χ2n) is 5.46. The Kier molecular flexibility index (Phi) is 7.02. The number of nitrogens with zero attached hydrogens (tertiary/aromatic N) is 1. The third-order valence-corrected chi connectivity index (χ3v) is 3.28. The van der Waals surface area contributed by atoms with Gasteiger partial charge in [-0.25, -0.2) is 0 Å². The van der Waals surface area contributed by atoms with Crippen molar-refractivity contribution in [3.8, 4) is 0 Å². The molecule has 19 heavy (non-hydrogen) atoms. The van der Waals surface area contributed by atoms with Gasteiger partial charge < -0.3 is 16.9 Å². The molecular formula is C16H24ClNO. The van der Waals surface area contributed by atoms with E-state index in [1.807, 2.05) is 30.3 Å². The van der Waals surface area contributed by atoms with Crippen LogP contribution in [0.1, 0.15) is 31.9 Å². The van der Waals surface area contributed by atoms with Gasteiger partial charge >= 0.3 is 0 Å². The SMILES string of the molecule is C=C(C)C(=O)C(c1ccccc1)[N+](C)(C)CCC.[Cl-]. The monoisotopic (exact) mass is 281 g/mol. The van der Waals surface area contributed by atoms with E-state index < -0.39 is 0 Å². The van der Waals surface area contributed by atoms with Gasteiger partial charge in [0.25, 0.3) is 0 Å². The number of rotatable bonds is 6. The first-order valence-electron chi connectivity index (χ1n) is 6.47. The first-order chi connectivity index (χ1) is 8.40. The van der Waals surface area contributed by atoms with Crippen LogP contribution < -0.4 is 12.4 Å². The first kappa shape index (κ1) is 17.9. The van der Waals surface area contributed by atoms with Gasteiger partial charge in [0.05, 0.1) is 20.6 Å². The molecule has 0 aliphatic heterocycles. The van der Waals surface area contributed by atoms with Crippen molar-refractivity contribution in [2.75, 3.05) is 20.6 Å². The van der Waals surface area contributed by atoms with Gasteiger partial charge in [0.2, 0.25) is 5.78 Å². The molecule has 1 aromatic carbocycles. The maximum Gasteiger partial charge on any atom is 0.219 e. The maximum absolute atomic E-state index is 12.4. The number of carbonyl (C=O) groups excluding carboxylic acids is 1. The fourth-order valence-corrected chi connectivity index (χ4v) is 2.45. The van der Waals surface area contributed by atoms with Crippen LogP contribution in [0, 0.1) is 0 Å². The molecule has 2 nitrogen and oxygen atoms in total. The molecule has 0 bridgehead atoms. The van der Waals surface area contributed by atoms with Crippen molar-refractivity contribution in [2.45, 2.75) is 26.3 Å². The van der Waals surface area contributed by atoms with Crippen LogP contribution in [0.5, 0.6) is 0 Å². The third kappa shape index (κ3) is 4.48. The summed E-state index contributed by atoms with van der Waals surface area (Å²) in [5.41, 5.74) is 1.70. The standard InChI is InChI=1S/C16H24NO.ClH/c1-6-12-17(4,5)15(16(18)13(2)3)14-10-8-7-9-11-14;/h7-11,15H,2,6,12H2,1,3-5H3;1H/q+1;/p-1. The third-order valence-electron chi connectivity index (χ3n) is 3.28. The molecule has 1 unspecified atom stereocenters. The Morgan fingerprint density at radius 2 is 1.79 bits per heavy atom. The summed E-state index contributed by atoms with van der Waals surface area (Å²) in [5.74, 6) is 0.139. The van der Waals surface area contributed by atoms with Crippen molar-refractivity contribution >= 4 is 5.78 Å². The van der Waals surface area contributed by atoms with Crippen molar-refractivity contribution in [1.29, 1.82) is 0 Å². The van der Waals surface area contributed by atoms with E-state index in [0.717, 1.165) is 18.5 Å². The molecule has 106 valence electrons. The van der Waals surface area contributed by atoms with Crippen molar-refractivity contribution in [2.24, 2.45) is 0 Å². The van der Waals surface area contributed by atoms with Crippen LogP contribution in [0.4, 0.5) is 0 Å². The Balaban J connectivity index is 0.00000324. The van der Waals surface area contributed by atoms with Crippen LogP contribution in [0.25, 0.3) is 0 Å². The zero-order valence-electron chi connectivity index (χ0n) is 12.3. The van der Waals surface area contributed by atoms with Crippen LogP contribution in [-0.2, 0) is 4.79 Å². The highest BCUT2D eigenvalue weighted by atomic mass is 35.5. The molecular weight excluding hydrogens is 258 g/mol. The van der Waals surface area contributed by atoms with Gasteiger partial charge in [-0.1, -0.05) is 43.8 Å². The minimum absolute atomic E-state index is 0. The molecule has 1 aromatic rings. The Bertz CT molecular complexity index is 426. The normalized spacial score (nSPS) is 12.4. The molecule has 1 rings (SSSR count). The number of hydrogen-bond acceptors (Lipinski definition) is 1. The van der Waals surface area contributed by atoms with Crippen molar-refractivity contribution in [3.05, 3.63) is 48.0 Å². The van der Waals surface area contributed by atoms with Crippen LogP contribution in [-0.4, -0.2) is 30.9 Å². The van der Waals surface area contributed by atoms with E-state index in [0.29, 0.717) is 10.1 Å². The minimum Gasteiger partial charge on any atom is -1.00 e. The summed E-state index contributed by atoms with van der Waals surface area (Å²) in [6, 6.07) is 9.86. The Labute approximate surface area is 123 Å². The van der Waals surface area contributed by atoms with Crippen molar-refractivity contribution in [3.63, 3.8) is 0 Å². The molecule has 0 radical (unpaired) electrons. The first-order valence-corrected chi connectivity index (χ1v) is 6.47. The largest absolute Gasteiger partial charge is 1.00 e. The van der Waals surface area contributed by atoms with E-state index in [2.05, 4.69) is 27.6 Å². The van der Waals surface area contributed by atoms with Crippen LogP contribution in [0.3, 0.4) is 0 Å². The minimum atomic E-state index is -0.149. The van der Waals surface area contributed by atoms with Gasteiger partial charge in [-0.15, -0.1) is 0 Å². The number of Topliss-reactive ketones (excluding diaryl/α,β-unsaturated/α-hetero) is 1. The summed E-state index contributed by atoms with van der Waals surface area (Å²) in [6.45, 7) is 8.73. The summed E-state index contributed by atoms with van der Waals surface area (Å²) in [6.07, 6.45) is 1.06. The van der Waals surface area contributed by atoms with Gasteiger partial charge in [-0.3, -0.25) is 4.79 Å². The number of benzene rings is 1. The summed E-state index contributed by atoms with van der Waals surface area (Å²) in [4.78, 5) is 12.4. The number of quaternary nitrogens is 1. The average molecular weight is 282 g/mol. The molecule has 0 saturated carbocycles. The van der Waals surface area contributed by atoms with E-state index in [9.17, 15) is 4.79 Å². The fraction of sp³-hybridized carbons (Fsp3) is 0.438. The zero-order chi connectivity index (χ0) is 13.8. The molecule has 3 heteroatoms.